The minimum Gasteiger partial charge on any atom is -0.475 e. The number of alkyl halides is 3. The number of benzene rings is 1. The summed E-state index contributed by atoms with van der Waals surface area (Å²) in [5.41, 5.74) is 6.65. The molecule has 1 saturated carbocycles. The molecule has 1 saturated heterocycles. The van der Waals surface area contributed by atoms with Crippen LogP contribution < -0.4 is 10.4 Å². The predicted molar refractivity (Wildman–Crippen MR) is 167 cm³/mol. The number of nitriles is 1. The van der Waals surface area contributed by atoms with E-state index in [1.54, 1.807) is 23.6 Å². The summed E-state index contributed by atoms with van der Waals surface area (Å²) >= 11 is 3.49. The van der Waals surface area contributed by atoms with Crippen molar-refractivity contribution < 1.29 is 27.9 Å². The van der Waals surface area contributed by atoms with Crippen LogP contribution in [0.25, 0.3) is 11.1 Å². The van der Waals surface area contributed by atoms with Crippen molar-refractivity contribution in [3.8, 4) is 17.2 Å². The summed E-state index contributed by atoms with van der Waals surface area (Å²) in [5, 5.41) is 18.2. The molecule has 46 heavy (non-hydrogen) atoms. The molecule has 244 valence electrons. The molecule has 0 spiro atoms. The zero-order chi connectivity index (χ0) is 33.3. The average molecular weight is 704 g/mol. The number of nitrogens with one attached hydrogen (secondary N) is 1. The smallest absolute Gasteiger partial charge is 0.475 e. The molecule has 1 aromatic carbocycles. The number of amides is 1. The number of halogens is 4. The SMILES string of the molecule is CN1CCN(Cc2ccc(-c3cncc(C(=O)NN(CC4CCCC4)c4nc(C#N)ncc4Br)c3)cc2)CC1.O=C(O)C(F)(F)F. The van der Waals surface area contributed by atoms with E-state index < -0.39 is 12.1 Å². The van der Waals surface area contributed by atoms with Gasteiger partial charge in [0.2, 0.25) is 5.82 Å². The first-order valence-electron chi connectivity index (χ1n) is 14.7. The van der Waals surface area contributed by atoms with Gasteiger partial charge in [0.1, 0.15) is 6.07 Å². The van der Waals surface area contributed by atoms with Crippen LogP contribution in [0.1, 0.15) is 47.4 Å². The minimum atomic E-state index is -5.08. The van der Waals surface area contributed by atoms with Crippen molar-refractivity contribution in [1.82, 2.24) is 30.2 Å². The Balaban J connectivity index is 0.000000617. The number of aliphatic carboxylic acids is 1. The van der Waals surface area contributed by atoms with Crippen LogP contribution in [0.5, 0.6) is 0 Å². The van der Waals surface area contributed by atoms with E-state index in [1.165, 1.54) is 18.4 Å². The molecule has 5 rings (SSSR count). The van der Waals surface area contributed by atoms with E-state index in [9.17, 15) is 23.2 Å². The normalized spacial score (nSPS) is 15.8. The summed E-state index contributed by atoms with van der Waals surface area (Å²) in [7, 11) is 2.17. The Hall–Kier alpha value is -4.13. The van der Waals surface area contributed by atoms with E-state index in [0.717, 1.165) is 56.7 Å². The van der Waals surface area contributed by atoms with Crippen LogP contribution in [-0.4, -0.2) is 87.7 Å². The number of rotatable bonds is 8. The van der Waals surface area contributed by atoms with Crippen molar-refractivity contribution in [3.05, 3.63) is 70.3 Å². The second-order valence-corrected chi connectivity index (χ2v) is 12.1. The number of nitrogens with zero attached hydrogens (tertiary/aromatic N) is 7. The summed E-state index contributed by atoms with van der Waals surface area (Å²) < 4.78 is 32.4. The van der Waals surface area contributed by atoms with Gasteiger partial charge in [0.05, 0.1) is 10.0 Å². The third-order valence-corrected chi connectivity index (χ3v) is 8.32. The number of hydrazine groups is 1. The molecule has 1 aliphatic carbocycles. The number of piperazine rings is 1. The number of hydrogen-bond donors (Lipinski definition) is 2. The lowest BCUT2D eigenvalue weighted by Gasteiger charge is -2.32. The highest BCUT2D eigenvalue weighted by molar-refractivity contribution is 9.10. The summed E-state index contributed by atoms with van der Waals surface area (Å²) in [6, 6.07) is 12.3. The Labute approximate surface area is 273 Å². The lowest BCUT2D eigenvalue weighted by atomic mass is 10.0. The van der Waals surface area contributed by atoms with Gasteiger partial charge in [0, 0.05) is 63.4 Å². The average Bonchev–Trinajstić information content (AvgIpc) is 3.55. The Bertz CT molecular complexity index is 1540. The third kappa shape index (κ3) is 9.93. The van der Waals surface area contributed by atoms with Gasteiger partial charge in [-0.25, -0.2) is 9.78 Å². The zero-order valence-corrected chi connectivity index (χ0v) is 26.8. The van der Waals surface area contributed by atoms with Crippen LogP contribution >= 0.6 is 15.9 Å². The molecule has 1 amide bonds. The van der Waals surface area contributed by atoms with Crippen molar-refractivity contribution >= 4 is 33.6 Å². The lowest BCUT2D eigenvalue weighted by Crippen LogP contribution is -2.45. The summed E-state index contributed by atoms with van der Waals surface area (Å²) in [4.78, 5) is 39.9. The van der Waals surface area contributed by atoms with Crippen molar-refractivity contribution in [2.24, 2.45) is 5.92 Å². The molecule has 2 aromatic heterocycles. The summed E-state index contributed by atoms with van der Waals surface area (Å²) in [5.74, 6) is -2.07. The molecule has 0 atom stereocenters. The first-order valence-corrected chi connectivity index (χ1v) is 15.5. The van der Waals surface area contributed by atoms with E-state index in [1.807, 2.05) is 12.1 Å². The number of hydrogen-bond acceptors (Lipinski definition) is 9. The van der Waals surface area contributed by atoms with E-state index >= 15 is 0 Å². The number of carboxylic acid groups (broad SMARTS) is 1. The maximum atomic E-state index is 13.4. The van der Waals surface area contributed by atoms with Crippen LogP contribution in [0.4, 0.5) is 19.0 Å². The number of anilines is 1. The zero-order valence-electron chi connectivity index (χ0n) is 25.2. The largest absolute Gasteiger partial charge is 0.490 e. The number of carbonyl (C=O) groups excluding carboxylic acids is 1. The maximum Gasteiger partial charge on any atom is 0.490 e. The van der Waals surface area contributed by atoms with Crippen LogP contribution in [0.3, 0.4) is 0 Å². The minimum absolute atomic E-state index is 0.0543. The maximum absolute atomic E-state index is 13.4. The molecule has 0 unspecified atom stereocenters. The van der Waals surface area contributed by atoms with E-state index in [2.05, 4.69) is 77.4 Å². The van der Waals surface area contributed by atoms with Crippen LogP contribution in [0, 0.1) is 17.2 Å². The molecular formula is C31H34BrF3N8O3. The Morgan fingerprint density at radius 1 is 1.09 bits per heavy atom. The molecule has 2 N–H and O–H groups in total. The fraction of sp³-hybridized carbons (Fsp3) is 0.419. The molecule has 0 radical (unpaired) electrons. The highest BCUT2D eigenvalue weighted by atomic mass is 79.9. The Morgan fingerprint density at radius 3 is 2.35 bits per heavy atom. The van der Waals surface area contributed by atoms with E-state index in [4.69, 9.17) is 9.90 Å². The first-order chi connectivity index (χ1) is 21.9. The number of aromatic nitrogens is 3. The van der Waals surface area contributed by atoms with Gasteiger partial charge in [-0.05, 0) is 58.9 Å². The summed E-state index contributed by atoms with van der Waals surface area (Å²) in [6.07, 6.45) is 4.38. The number of pyridine rings is 1. The fourth-order valence-corrected chi connectivity index (χ4v) is 5.62. The molecule has 2 fully saturated rings. The van der Waals surface area contributed by atoms with Gasteiger partial charge in [0.25, 0.3) is 5.91 Å². The van der Waals surface area contributed by atoms with E-state index in [-0.39, 0.29) is 11.7 Å². The van der Waals surface area contributed by atoms with Crippen molar-refractivity contribution in [2.45, 2.75) is 38.4 Å². The van der Waals surface area contributed by atoms with Crippen LogP contribution in [-0.2, 0) is 11.3 Å². The van der Waals surface area contributed by atoms with Gasteiger partial charge in [0.15, 0.2) is 5.82 Å². The highest BCUT2D eigenvalue weighted by Crippen LogP contribution is 2.29. The molecule has 2 aliphatic rings. The van der Waals surface area contributed by atoms with Gasteiger partial charge >= 0.3 is 12.1 Å². The monoisotopic (exact) mass is 702 g/mol. The topological polar surface area (TPSA) is 139 Å². The number of carbonyl (C=O) groups is 2. The fourth-order valence-electron chi connectivity index (χ4n) is 5.21. The standard InChI is InChI=1S/C29H33BrN8O.C2HF3O2/c1-36-10-12-37(13-11-36)19-22-6-8-23(9-7-22)24-14-25(17-32-16-24)29(39)35-38(20-21-4-2-3-5-21)28-26(30)18-33-27(15-31)34-28;3-2(4,5)1(6)7/h6-9,14,16-18,21H,2-5,10-13,19-20H2,1H3,(H,35,39);(H,6,7). The van der Waals surface area contributed by atoms with Crippen molar-refractivity contribution in [2.75, 3.05) is 44.8 Å². The second-order valence-electron chi connectivity index (χ2n) is 11.2. The molecule has 11 nitrogen and oxygen atoms in total. The molecule has 3 heterocycles. The Kier molecular flexibility index (Phi) is 12.0. The van der Waals surface area contributed by atoms with Gasteiger partial charge in [-0.1, -0.05) is 37.1 Å². The van der Waals surface area contributed by atoms with Crippen molar-refractivity contribution in [3.63, 3.8) is 0 Å². The molecule has 1 aliphatic heterocycles. The van der Waals surface area contributed by atoms with E-state index in [0.29, 0.717) is 28.3 Å². The van der Waals surface area contributed by atoms with Gasteiger partial charge in [-0.3, -0.25) is 25.1 Å². The quantitative estimate of drug-likeness (QED) is 0.312. The van der Waals surface area contributed by atoms with Crippen molar-refractivity contribution in [1.29, 1.82) is 5.26 Å². The van der Waals surface area contributed by atoms with Gasteiger partial charge < -0.3 is 10.0 Å². The van der Waals surface area contributed by atoms with Crippen LogP contribution in [0.2, 0.25) is 0 Å². The van der Waals surface area contributed by atoms with Crippen LogP contribution in [0.15, 0.2) is 53.4 Å². The number of carboxylic acids is 1. The molecular weight excluding hydrogens is 669 g/mol. The first kappa shape index (κ1) is 34.7. The predicted octanol–water partition coefficient (Wildman–Crippen LogP) is 4.90. The molecule has 3 aromatic rings. The van der Waals surface area contributed by atoms with Gasteiger partial charge in [-0.2, -0.15) is 23.4 Å². The molecule has 15 heteroatoms. The number of likely N-dealkylation sites (N-methyl/N-ethyl adjacent to an activating group) is 1. The Morgan fingerprint density at radius 2 is 1.74 bits per heavy atom. The van der Waals surface area contributed by atoms with Gasteiger partial charge in [-0.15, -0.1) is 0 Å². The third-order valence-electron chi connectivity index (χ3n) is 7.77. The second kappa shape index (κ2) is 15.9. The lowest BCUT2D eigenvalue weighted by molar-refractivity contribution is -0.192. The highest BCUT2D eigenvalue weighted by Gasteiger charge is 2.38. The molecule has 0 bridgehead atoms. The summed E-state index contributed by atoms with van der Waals surface area (Å²) in [6.45, 7) is 5.92.